The molecular formula is C33H51Cl2N2PRu. The minimum atomic E-state index is -0.346. The minimum absolute atomic E-state index is 0.210. The van der Waals surface area contributed by atoms with Crippen molar-refractivity contribution >= 4 is 38.7 Å². The second-order valence-electron chi connectivity index (χ2n) is 11.1. The van der Waals surface area contributed by atoms with E-state index in [-0.39, 0.29) is 23.1 Å². The molecule has 3 rings (SSSR count). The summed E-state index contributed by atoms with van der Waals surface area (Å²) in [6.07, 6.45) is 14.9. The van der Waals surface area contributed by atoms with E-state index in [1.807, 2.05) is 0 Å². The number of anilines is 2. The molecule has 2 aromatic carbocycles. The Hall–Kier alpha value is -0.587. The van der Waals surface area contributed by atoms with Gasteiger partial charge in [-0.15, -0.1) is 7.92 Å². The molecule has 0 bridgehead atoms. The van der Waals surface area contributed by atoms with Crippen LogP contribution in [0, 0.1) is 41.5 Å². The van der Waals surface area contributed by atoms with Crippen LogP contribution in [-0.2, 0) is 15.1 Å². The molecule has 0 saturated carbocycles. The van der Waals surface area contributed by atoms with Gasteiger partial charge in [0.2, 0.25) is 0 Å². The summed E-state index contributed by atoms with van der Waals surface area (Å²) in [4.78, 5) is 5.22. The van der Waals surface area contributed by atoms with Gasteiger partial charge in [0.1, 0.15) is 5.82 Å². The molecule has 0 atom stereocenters. The first-order valence-electron chi connectivity index (χ1n) is 14.7. The van der Waals surface area contributed by atoms with Crippen molar-refractivity contribution < 1.29 is 15.1 Å². The SMILES string of the molecule is CCCCP(CCCC)CCCC=C1N(c2c(C)cc(C)cc2C)CCN1c1c(C)cc(C)cc1C.[Cl][Ru][Cl]. The second-order valence-corrected chi connectivity index (χ2v) is 16.4. The predicted molar refractivity (Wildman–Crippen MR) is 176 cm³/mol. The molecule has 1 fully saturated rings. The van der Waals surface area contributed by atoms with E-state index in [1.165, 1.54) is 108 Å². The summed E-state index contributed by atoms with van der Waals surface area (Å²) in [7, 11) is 9.92. The number of nitrogens with zero attached hydrogens (tertiary/aromatic N) is 2. The molecule has 0 spiro atoms. The zero-order valence-corrected chi connectivity index (χ0v) is 29.8. The molecule has 1 aliphatic rings. The molecular weight excluding hydrogens is 627 g/mol. The van der Waals surface area contributed by atoms with Gasteiger partial charge in [-0.2, -0.15) is 0 Å². The van der Waals surface area contributed by atoms with Gasteiger partial charge >= 0.3 is 34.5 Å². The number of hydrogen-bond acceptors (Lipinski definition) is 2. The topological polar surface area (TPSA) is 6.48 Å². The first-order chi connectivity index (χ1) is 18.7. The molecule has 0 aliphatic carbocycles. The van der Waals surface area contributed by atoms with Gasteiger partial charge in [0.15, 0.2) is 0 Å². The first-order valence-corrected chi connectivity index (χ1v) is 21.0. The number of hydrogen-bond donors (Lipinski definition) is 0. The van der Waals surface area contributed by atoms with Gasteiger partial charge in [0.25, 0.3) is 0 Å². The van der Waals surface area contributed by atoms with Crippen LogP contribution in [0.15, 0.2) is 36.2 Å². The molecule has 0 radical (unpaired) electrons. The summed E-state index contributed by atoms with van der Waals surface area (Å²) in [6.45, 7) is 20.3. The van der Waals surface area contributed by atoms with Crippen LogP contribution >= 0.6 is 27.3 Å². The molecule has 1 saturated heterocycles. The van der Waals surface area contributed by atoms with E-state index in [4.69, 9.17) is 19.4 Å². The molecule has 0 unspecified atom stereocenters. The number of halogens is 2. The Bertz CT molecular complexity index is 950. The number of rotatable bonds is 12. The van der Waals surface area contributed by atoms with Crippen LogP contribution < -0.4 is 9.80 Å². The van der Waals surface area contributed by atoms with Crippen LogP contribution in [0.2, 0.25) is 0 Å². The Morgan fingerprint density at radius 2 is 1.05 bits per heavy atom. The third-order valence-electron chi connectivity index (χ3n) is 7.57. The molecule has 2 nitrogen and oxygen atoms in total. The average molecular weight is 679 g/mol. The maximum atomic E-state index is 4.85. The number of allylic oxidation sites excluding steroid dienone is 1. The number of benzene rings is 2. The van der Waals surface area contributed by atoms with Crippen molar-refractivity contribution in [1.82, 2.24) is 0 Å². The summed E-state index contributed by atoms with van der Waals surface area (Å²) in [5, 5.41) is 0. The van der Waals surface area contributed by atoms with Crippen LogP contribution in [0.5, 0.6) is 0 Å². The van der Waals surface area contributed by atoms with Crippen molar-refractivity contribution in [3.05, 3.63) is 69.5 Å². The molecule has 2 aromatic rings. The normalized spacial score (nSPS) is 13.4. The van der Waals surface area contributed by atoms with Gasteiger partial charge in [-0.05, 0) is 114 Å². The van der Waals surface area contributed by atoms with Gasteiger partial charge in [-0.25, -0.2) is 0 Å². The Balaban J connectivity index is 0.00000170. The zero-order chi connectivity index (χ0) is 28.9. The fourth-order valence-electron chi connectivity index (χ4n) is 6.09. The van der Waals surface area contributed by atoms with E-state index < -0.39 is 0 Å². The third kappa shape index (κ3) is 10.3. The molecule has 0 N–H and O–H groups in total. The summed E-state index contributed by atoms with van der Waals surface area (Å²) in [5.41, 5.74) is 11.1. The summed E-state index contributed by atoms with van der Waals surface area (Å²) < 4.78 is 0. The van der Waals surface area contributed by atoms with E-state index in [0.29, 0.717) is 0 Å². The van der Waals surface area contributed by atoms with Gasteiger partial charge < -0.3 is 9.80 Å². The Kier molecular flexibility index (Phi) is 16.0. The molecule has 0 amide bonds. The summed E-state index contributed by atoms with van der Waals surface area (Å²) >= 11 is -0.346. The van der Waals surface area contributed by atoms with Crippen molar-refractivity contribution in [3.8, 4) is 0 Å². The van der Waals surface area contributed by atoms with Crippen LogP contribution in [-0.4, -0.2) is 31.6 Å². The van der Waals surface area contributed by atoms with Crippen molar-refractivity contribution in [2.45, 2.75) is 93.9 Å². The fourth-order valence-corrected chi connectivity index (χ4v) is 8.92. The van der Waals surface area contributed by atoms with Crippen LogP contribution in [0.25, 0.3) is 0 Å². The Labute approximate surface area is 257 Å². The predicted octanol–water partition coefficient (Wildman–Crippen LogP) is 10.9. The van der Waals surface area contributed by atoms with E-state index in [1.54, 1.807) is 0 Å². The van der Waals surface area contributed by atoms with Gasteiger partial charge in [0.05, 0.1) is 0 Å². The molecule has 1 heterocycles. The summed E-state index contributed by atoms with van der Waals surface area (Å²) in [5.74, 6) is 1.39. The Morgan fingerprint density at radius 1 is 0.692 bits per heavy atom. The quantitative estimate of drug-likeness (QED) is 0.125. The molecule has 0 aromatic heterocycles. The molecule has 39 heavy (non-hydrogen) atoms. The van der Waals surface area contributed by atoms with E-state index >= 15 is 0 Å². The molecule has 1 aliphatic heterocycles. The van der Waals surface area contributed by atoms with Gasteiger partial charge in [-0.3, -0.25) is 0 Å². The monoisotopic (exact) mass is 678 g/mol. The zero-order valence-electron chi connectivity index (χ0n) is 25.6. The van der Waals surface area contributed by atoms with Crippen LogP contribution in [0.4, 0.5) is 11.4 Å². The van der Waals surface area contributed by atoms with Crippen LogP contribution in [0.1, 0.15) is 85.8 Å². The van der Waals surface area contributed by atoms with Crippen molar-refractivity contribution in [2.24, 2.45) is 0 Å². The van der Waals surface area contributed by atoms with Crippen LogP contribution in [0.3, 0.4) is 0 Å². The molecule has 220 valence electrons. The van der Waals surface area contributed by atoms with E-state index in [9.17, 15) is 0 Å². The van der Waals surface area contributed by atoms with Crippen molar-refractivity contribution in [1.29, 1.82) is 0 Å². The standard InChI is InChI=1S/C33H51N2P.2ClH.Ru/c1-9-11-18-36(19-12-10-2)20-14-13-15-31-34(32-27(5)21-25(3)22-28(32)6)16-17-35(31)33-29(7)23-26(4)24-30(33)8;;;/h15,21-24H,9-14,16-20H2,1-8H3;2*1H;/q;;;+2/p-2. The first kappa shape index (κ1) is 34.6. The Morgan fingerprint density at radius 3 is 1.41 bits per heavy atom. The summed E-state index contributed by atoms with van der Waals surface area (Å²) in [6, 6.07) is 9.39. The second kappa shape index (κ2) is 18.1. The average Bonchev–Trinajstić information content (AvgIpc) is 3.25. The fraction of sp³-hybridized carbons (Fsp3) is 0.576. The van der Waals surface area contributed by atoms with Crippen molar-refractivity contribution in [3.63, 3.8) is 0 Å². The van der Waals surface area contributed by atoms with Crippen molar-refractivity contribution in [2.75, 3.05) is 41.4 Å². The number of unbranched alkanes of at least 4 members (excludes halogenated alkanes) is 3. The third-order valence-corrected chi connectivity index (χ3v) is 10.4. The van der Waals surface area contributed by atoms with E-state index in [2.05, 4.69) is 95.5 Å². The maximum absolute atomic E-state index is 4.85. The van der Waals surface area contributed by atoms with Gasteiger partial charge in [-0.1, -0.05) is 62.1 Å². The number of aryl methyl sites for hydroxylation is 6. The van der Waals surface area contributed by atoms with E-state index in [0.717, 1.165) is 13.1 Å². The van der Waals surface area contributed by atoms with Gasteiger partial charge in [0, 0.05) is 24.5 Å². The molecule has 6 heteroatoms.